The number of fused-ring (bicyclic) bond motifs is 1. The van der Waals surface area contributed by atoms with Crippen LogP contribution >= 0.6 is 0 Å². The molecule has 0 saturated carbocycles. The van der Waals surface area contributed by atoms with E-state index in [1.165, 1.54) is 0 Å². The minimum Gasteiger partial charge on any atom is -0.497 e. The number of hydrogen-bond acceptors (Lipinski definition) is 4. The molecule has 0 spiro atoms. The molecular weight excluding hydrogens is 350 g/mol. The Morgan fingerprint density at radius 2 is 1.79 bits per heavy atom. The summed E-state index contributed by atoms with van der Waals surface area (Å²) in [5.74, 6) is 0.746. The average Bonchev–Trinajstić information content (AvgIpc) is 2.74. The average molecular weight is 373 g/mol. The highest BCUT2D eigenvalue weighted by molar-refractivity contribution is 6.07. The Morgan fingerprint density at radius 1 is 1.07 bits per heavy atom. The largest absolute Gasteiger partial charge is 0.497 e. The maximum atomic E-state index is 13.3. The molecule has 2 aromatic carbocycles. The number of carbonyl (C=O) groups excluding carboxylic acids is 1. The Labute approximate surface area is 165 Å². The zero-order chi connectivity index (χ0) is 19.5. The van der Waals surface area contributed by atoms with Gasteiger partial charge in [-0.2, -0.15) is 0 Å². The highest BCUT2D eigenvalue weighted by Gasteiger charge is 2.34. The standard InChI is InChI=1S/C23H23N3O2/c1-16-15-21(25-18-11-13-24-14-12-18)20-5-3-4-6-22(20)26(16)23(27)17-7-9-19(28-2)10-8-17/h3-14,16,21H,15H2,1-2H3,(H,24,25)/t16-,21+/m0/s1. The van der Waals surface area contributed by atoms with E-state index in [2.05, 4.69) is 23.3 Å². The number of rotatable bonds is 4. The number of nitrogens with zero attached hydrogens (tertiary/aromatic N) is 2. The van der Waals surface area contributed by atoms with Crippen LogP contribution < -0.4 is 15.0 Å². The quantitative estimate of drug-likeness (QED) is 0.721. The number of carbonyl (C=O) groups is 1. The van der Waals surface area contributed by atoms with E-state index in [-0.39, 0.29) is 18.0 Å². The van der Waals surface area contributed by atoms with Crippen LogP contribution in [0.25, 0.3) is 0 Å². The molecule has 0 bridgehead atoms. The molecule has 1 aliphatic heterocycles. The Hall–Kier alpha value is -3.34. The van der Waals surface area contributed by atoms with Gasteiger partial charge in [-0.1, -0.05) is 18.2 Å². The molecule has 3 aromatic rings. The normalized spacial score (nSPS) is 18.3. The molecule has 0 aliphatic carbocycles. The first kappa shape index (κ1) is 18.0. The number of amides is 1. The lowest BCUT2D eigenvalue weighted by atomic mass is 9.91. The maximum absolute atomic E-state index is 13.3. The van der Waals surface area contributed by atoms with Crippen molar-refractivity contribution in [2.75, 3.05) is 17.3 Å². The molecular formula is C23H23N3O2. The number of nitrogens with one attached hydrogen (secondary N) is 1. The van der Waals surface area contributed by atoms with Gasteiger partial charge in [-0.15, -0.1) is 0 Å². The number of benzene rings is 2. The summed E-state index contributed by atoms with van der Waals surface area (Å²) in [7, 11) is 1.62. The second kappa shape index (κ2) is 7.72. The van der Waals surface area contributed by atoms with Crippen LogP contribution in [0.2, 0.25) is 0 Å². The number of hydrogen-bond donors (Lipinski definition) is 1. The van der Waals surface area contributed by atoms with Crippen molar-refractivity contribution in [3.05, 3.63) is 84.2 Å². The van der Waals surface area contributed by atoms with Crippen LogP contribution in [0, 0.1) is 0 Å². The Bertz CT molecular complexity index is 957. The zero-order valence-corrected chi connectivity index (χ0v) is 16.0. The van der Waals surface area contributed by atoms with Crippen molar-refractivity contribution in [3.63, 3.8) is 0 Å². The molecule has 5 nitrogen and oxygen atoms in total. The van der Waals surface area contributed by atoms with E-state index in [0.717, 1.165) is 29.1 Å². The van der Waals surface area contributed by atoms with Crippen molar-refractivity contribution in [2.24, 2.45) is 0 Å². The Balaban J connectivity index is 1.66. The zero-order valence-electron chi connectivity index (χ0n) is 16.0. The van der Waals surface area contributed by atoms with Gasteiger partial charge < -0.3 is 15.0 Å². The summed E-state index contributed by atoms with van der Waals surface area (Å²) in [6.45, 7) is 2.10. The van der Waals surface area contributed by atoms with Gasteiger partial charge in [0.1, 0.15) is 5.75 Å². The third kappa shape index (κ3) is 3.43. The minimum atomic E-state index is 0.00460. The second-order valence-electron chi connectivity index (χ2n) is 6.98. The number of pyridine rings is 1. The van der Waals surface area contributed by atoms with E-state index in [0.29, 0.717) is 5.56 Å². The van der Waals surface area contributed by atoms with Gasteiger partial charge in [-0.3, -0.25) is 9.78 Å². The van der Waals surface area contributed by atoms with Gasteiger partial charge in [0.15, 0.2) is 0 Å². The molecule has 0 unspecified atom stereocenters. The van der Waals surface area contributed by atoms with Crippen molar-refractivity contribution in [3.8, 4) is 5.75 Å². The topological polar surface area (TPSA) is 54.5 Å². The maximum Gasteiger partial charge on any atom is 0.258 e. The summed E-state index contributed by atoms with van der Waals surface area (Å²) in [4.78, 5) is 19.3. The lowest BCUT2D eigenvalue weighted by molar-refractivity contribution is 0.0974. The summed E-state index contributed by atoms with van der Waals surface area (Å²) in [5, 5.41) is 3.59. The van der Waals surface area contributed by atoms with E-state index in [1.807, 2.05) is 59.5 Å². The number of ether oxygens (including phenoxy) is 1. The molecule has 0 radical (unpaired) electrons. The van der Waals surface area contributed by atoms with Crippen LogP contribution in [-0.2, 0) is 0 Å². The van der Waals surface area contributed by atoms with Gasteiger partial charge in [0, 0.05) is 35.4 Å². The second-order valence-corrected chi connectivity index (χ2v) is 6.98. The number of anilines is 2. The molecule has 1 aliphatic rings. The van der Waals surface area contributed by atoms with Gasteiger partial charge in [0.05, 0.1) is 13.2 Å². The number of para-hydroxylation sites is 1. The van der Waals surface area contributed by atoms with Crippen molar-refractivity contribution in [1.82, 2.24) is 4.98 Å². The SMILES string of the molecule is COc1ccc(C(=O)N2c3ccccc3[C@H](Nc3ccncc3)C[C@@H]2C)cc1. The van der Waals surface area contributed by atoms with Gasteiger partial charge in [-0.05, 0) is 61.4 Å². The Morgan fingerprint density at radius 3 is 2.50 bits per heavy atom. The molecule has 1 amide bonds. The molecule has 2 heterocycles. The van der Waals surface area contributed by atoms with E-state index in [4.69, 9.17) is 4.74 Å². The monoisotopic (exact) mass is 373 g/mol. The van der Waals surface area contributed by atoms with Crippen molar-refractivity contribution < 1.29 is 9.53 Å². The Kier molecular flexibility index (Phi) is 4.98. The van der Waals surface area contributed by atoms with Crippen LogP contribution in [0.4, 0.5) is 11.4 Å². The predicted octanol–water partition coefficient (Wildman–Crippen LogP) is 4.68. The van der Waals surface area contributed by atoms with Crippen LogP contribution in [0.3, 0.4) is 0 Å². The van der Waals surface area contributed by atoms with E-state index in [1.54, 1.807) is 19.5 Å². The van der Waals surface area contributed by atoms with E-state index in [9.17, 15) is 4.79 Å². The van der Waals surface area contributed by atoms with Crippen LogP contribution in [0.15, 0.2) is 73.1 Å². The highest BCUT2D eigenvalue weighted by atomic mass is 16.5. The fraction of sp³-hybridized carbons (Fsp3) is 0.217. The molecule has 4 rings (SSSR count). The minimum absolute atomic E-state index is 0.00460. The molecule has 2 atom stereocenters. The molecule has 1 N–H and O–H groups in total. The molecule has 142 valence electrons. The summed E-state index contributed by atoms with van der Waals surface area (Å²) < 4.78 is 5.20. The molecule has 0 fully saturated rings. The molecule has 5 heteroatoms. The number of methoxy groups -OCH3 is 1. The number of aromatic nitrogens is 1. The van der Waals surface area contributed by atoms with Crippen LogP contribution in [0.1, 0.15) is 35.3 Å². The highest BCUT2D eigenvalue weighted by Crippen LogP contribution is 2.39. The third-order valence-electron chi connectivity index (χ3n) is 5.17. The van der Waals surface area contributed by atoms with E-state index < -0.39 is 0 Å². The first-order chi connectivity index (χ1) is 13.7. The van der Waals surface area contributed by atoms with Crippen molar-refractivity contribution in [2.45, 2.75) is 25.4 Å². The lowest BCUT2D eigenvalue weighted by Gasteiger charge is -2.40. The molecule has 0 saturated heterocycles. The summed E-state index contributed by atoms with van der Waals surface area (Å²) in [5.41, 5.74) is 3.76. The van der Waals surface area contributed by atoms with Crippen LogP contribution in [-0.4, -0.2) is 24.0 Å². The summed E-state index contributed by atoms with van der Waals surface area (Å²) in [6, 6.07) is 19.5. The van der Waals surface area contributed by atoms with E-state index >= 15 is 0 Å². The first-order valence-electron chi connectivity index (χ1n) is 9.40. The first-order valence-corrected chi connectivity index (χ1v) is 9.40. The summed E-state index contributed by atoms with van der Waals surface area (Å²) in [6.07, 6.45) is 4.38. The lowest BCUT2D eigenvalue weighted by Crippen LogP contribution is -2.44. The van der Waals surface area contributed by atoms with Gasteiger partial charge in [0.2, 0.25) is 0 Å². The predicted molar refractivity (Wildman–Crippen MR) is 111 cm³/mol. The fourth-order valence-electron chi connectivity index (χ4n) is 3.78. The van der Waals surface area contributed by atoms with Gasteiger partial charge in [0.25, 0.3) is 5.91 Å². The molecule has 1 aromatic heterocycles. The third-order valence-corrected chi connectivity index (χ3v) is 5.17. The molecule has 28 heavy (non-hydrogen) atoms. The van der Waals surface area contributed by atoms with Crippen molar-refractivity contribution >= 4 is 17.3 Å². The summed E-state index contributed by atoms with van der Waals surface area (Å²) >= 11 is 0. The van der Waals surface area contributed by atoms with Gasteiger partial charge in [-0.25, -0.2) is 0 Å². The smallest absolute Gasteiger partial charge is 0.258 e. The fourth-order valence-corrected chi connectivity index (χ4v) is 3.78. The van der Waals surface area contributed by atoms with Crippen molar-refractivity contribution in [1.29, 1.82) is 0 Å². The van der Waals surface area contributed by atoms with Gasteiger partial charge >= 0.3 is 0 Å². The van der Waals surface area contributed by atoms with Crippen LogP contribution in [0.5, 0.6) is 5.75 Å².